The summed E-state index contributed by atoms with van der Waals surface area (Å²) < 4.78 is 35.3. The van der Waals surface area contributed by atoms with Crippen molar-refractivity contribution in [2.45, 2.75) is 114 Å². The first-order chi connectivity index (χ1) is 31.7. The molecular weight excluding hydrogens is 871 g/mol. The Kier molecular flexibility index (Phi) is 13.6. The molecule has 3 aliphatic carbocycles. The van der Waals surface area contributed by atoms with Gasteiger partial charge in [-0.25, -0.2) is 9.59 Å². The first kappa shape index (κ1) is 48.7. The van der Waals surface area contributed by atoms with Gasteiger partial charge >= 0.3 is 29.8 Å². The number of ether oxygens (including phenoxy) is 6. The molecule has 1 amide bonds. The molecule has 0 spiro atoms. The van der Waals surface area contributed by atoms with Crippen LogP contribution in [0.5, 0.6) is 0 Å². The van der Waals surface area contributed by atoms with Gasteiger partial charge in [0.15, 0.2) is 23.6 Å². The lowest BCUT2D eigenvalue weighted by Gasteiger charge is -2.67. The average molecular weight is 926 g/mol. The number of ketones is 1. The summed E-state index contributed by atoms with van der Waals surface area (Å²) >= 11 is 0. The maximum Gasteiger partial charge on any atom is 0.338 e. The summed E-state index contributed by atoms with van der Waals surface area (Å²) in [7, 11) is 1.13. The molecule has 1 heterocycles. The topological polar surface area (TPSA) is 248 Å². The Morgan fingerprint density at radius 2 is 1.42 bits per heavy atom. The normalized spacial score (nSPS) is 30.3. The standard InChI is InChI=1S/C50H55NO16/c1-27-32(64-46(60)39(56)38(29-16-10-7-11-17-29)51-44(58)30-18-12-8-13-19-30)25-50(61)43(66-45(59)31-20-14-9-15-21-31)41-48(5,33(53)24-34-49(41,26-63-34)67-28(2)52)42(57)40(37(27)47(50,3)4)65-36(55)23-22-35(54)62-6/h7-21,32-34,38-41,43,53,56,61H,22-26H2,1-6H3,(H,51,58)/t32-,33-,34+,38-,39+,40+,41-,43-,48+,49-,50+/m0/s1. The molecule has 4 N–H and O–H groups in total. The van der Waals surface area contributed by atoms with E-state index >= 15 is 4.79 Å². The molecule has 0 radical (unpaired) electrons. The van der Waals surface area contributed by atoms with E-state index in [0.29, 0.717) is 5.56 Å². The van der Waals surface area contributed by atoms with Gasteiger partial charge in [-0.1, -0.05) is 80.6 Å². The SMILES string of the molecule is COC(=O)CCC(=O)O[C@H]1C(=O)[C@@]2(C)[C@H]([C@H](OC(=O)c3ccccc3)[C@]3(O)C[C@H](OC(=O)[C@H](O)[C@@H](NC(=O)c4ccccc4)c4ccccc4)C(C)=C1C3(C)C)[C@]1(OC(C)=O)CO[C@@H]1C[C@@H]2O. The van der Waals surface area contributed by atoms with Crippen LogP contribution in [0.4, 0.5) is 0 Å². The van der Waals surface area contributed by atoms with Gasteiger partial charge in [-0.3, -0.25) is 24.0 Å². The van der Waals surface area contributed by atoms with Gasteiger partial charge in [-0.05, 0) is 54.8 Å². The number of aliphatic hydroxyl groups excluding tert-OH is 2. The van der Waals surface area contributed by atoms with Gasteiger partial charge < -0.3 is 49.1 Å². The molecule has 2 bridgehead atoms. The fraction of sp³-hybridized carbons (Fsp3) is 0.460. The smallest absolute Gasteiger partial charge is 0.338 e. The van der Waals surface area contributed by atoms with Crippen molar-refractivity contribution in [3.05, 3.63) is 119 Å². The summed E-state index contributed by atoms with van der Waals surface area (Å²) in [4.78, 5) is 97.2. The van der Waals surface area contributed by atoms with Crippen molar-refractivity contribution in [3.8, 4) is 0 Å². The number of hydrogen-bond donors (Lipinski definition) is 4. The van der Waals surface area contributed by atoms with Gasteiger partial charge in [0.2, 0.25) is 0 Å². The molecule has 0 aromatic heterocycles. The minimum absolute atomic E-state index is 0.0362. The Labute approximate surface area is 386 Å². The Balaban J connectivity index is 1.40. The highest BCUT2D eigenvalue weighted by molar-refractivity contribution is 5.96. The van der Waals surface area contributed by atoms with Gasteiger partial charge in [-0.15, -0.1) is 0 Å². The summed E-state index contributed by atoms with van der Waals surface area (Å²) in [5.41, 5.74) is -7.63. The van der Waals surface area contributed by atoms with E-state index in [9.17, 15) is 44.1 Å². The van der Waals surface area contributed by atoms with E-state index in [1.807, 2.05) is 0 Å². The fourth-order valence-electron chi connectivity index (χ4n) is 10.5. The molecule has 67 heavy (non-hydrogen) atoms. The van der Waals surface area contributed by atoms with Gasteiger partial charge in [0.05, 0.1) is 55.6 Å². The lowest BCUT2D eigenvalue weighted by Crippen LogP contribution is -2.82. The lowest BCUT2D eigenvalue weighted by molar-refractivity contribution is -0.346. The molecule has 17 nitrogen and oxygen atoms in total. The number of Topliss-reactive ketones (excluding diaryl/α,β-unsaturated/α-hetero) is 1. The highest BCUT2D eigenvalue weighted by atomic mass is 16.6. The van der Waals surface area contributed by atoms with Crippen LogP contribution in [-0.2, 0) is 52.4 Å². The summed E-state index contributed by atoms with van der Waals surface area (Å²) in [6, 6.07) is 22.6. The summed E-state index contributed by atoms with van der Waals surface area (Å²) in [6.07, 6.45) is -12.1. The minimum atomic E-state index is -2.48. The number of carbonyl (C=O) groups is 7. The highest BCUT2D eigenvalue weighted by Crippen LogP contribution is 2.64. The monoisotopic (exact) mass is 925 g/mol. The number of esters is 5. The van der Waals surface area contributed by atoms with Crippen LogP contribution in [0.3, 0.4) is 0 Å². The molecule has 4 aliphatic rings. The van der Waals surface area contributed by atoms with Crippen molar-refractivity contribution in [2.75, 3.05) is 13.7 Å². The maximum absolute atomic E-state index is 15.8. The van der Waals surface area contributed by atoms with Crippen molar-refractivity contribution in [3.63, 3.8) is 0 Å². The molecule has 3 aromatic rings. The molecule has 356 valence electrons. The number of methoxy groups -OCH3 is 1. The van der Waals surface area contributed by atoms with Crippen LogP contribution in [0.15, 0.2) is 102 Å². The van der Waals surface area contributed by atoms with Gasteiger partial charge in [0, 0.05) is 30.7 Å². The highest BCUT2D eigenvalue weighted by Gasteiger charge is 2.78. The van der Waals surface area contributed by atoms with Gasteiger partial charge in [-0.2, -0.15) is 0 Å². The number of aliphatic hydroxyl groups is 3. The molecule has 0 unspecified atom stereocenters. The van der Waals surface area contributed by atoms with Crippen molar-refractivity contribution < 1.29 is 77.3 Å². The van der Waals surface area contributed by atoms with E-state index in [1.54, 1.807) is 78.9 Å². The molecule has 1 aliphatic heterocycles. The first-order valence-corrected chi connectivity index (χ1v) is 22.0. The third kappa shape index (κ3) is 8.65. The summed E-state index contributed by atoms with van der Waals surface area (Å²) in [5.74, 6) is -8.06. The predicted molar refractivity (Wildman–Crippen MR) is 233 cm³/mol. The van der Waals surface area contributed by atoms with Crippen LogP contribution >= 0.6 is 0 Å². The van der Waals surface area contributed by atoms with Crippen LogP contribution in [0.2, 0.25) is 0 Å². The minimum Gasteiger partial charge on any atom is -0.469 e. The third-order valence-electron chi connectivity index (χ3n) is 14.2. The number of rotatable bonds is 13. The largest absolute Gasteiger partial charge is 0.469 e. The molecule has 3 fully saturated rings. The van der Waals surface area contributed by atoms with Crippen LogP contribution in [-0.4, -0.2) is 118 Å². The first-order valence-electron chi connectivity index (χ1n) is 22.0. The van der Waals surface area contributed by atoms with Crippen molar-refractivity contribution in [1.82, 2.24) is 5.32 Å². The number of nitrogens with one attached hydrogen (secondary N) is 1. The van der Waals surface area contributed by atoms with Crippen LogP contribution in [0, 0.1) is 16.7 Å². The predicted octanol–water partition coefficient (Wildman–Crippen LogP) is 3.67. The molecule has 2 saturated carbocycles. The summed E-state index contributed by atoms with van der Waals surface area (Å²) in [6.45, 7) is 6.64. The molecule has 7 rings (SSSR count). The Morgan fingerprint density at radius 1 is 0.836 bits per heavy atom. The van der Waals surface area contributed by atoms with Gasteiger partial charge in [0.1, 0.15) is 23.9 Å². The van der Waals surface area contributed by atoms with E-state index in [4.69, 9.17) is 28.4 Å². The summed E-state index contributed by atoms with van der Waals surface area (Å²) in [5, 5.41) is 40.6. The molecular formula is C50H55NO16. The molecule has 1 saturated heterocycles. The lowest BCUT2D eigenvalue weighted by atomic mass is 9.44. The second-order valence-corrected chi connectivity index (χ2v) is 18.3. The number of benzene rings is 3. The van der Waals surface area contributed by atoms with Gasteiger partial charge in [0.25, 0.3) is 5.91 Å². The van der Waals surface area contributed by atoms with E-state index in [2.05, 4.69) is 5.32 Å². The zero-order valence-electron chi connectivity index (χ0n) is 38.0. The quantitative estimate of drug-likeness (QED) is 0.109. The van der Waals surface area contributed by atoms with Crippen molar-refractivity contribution >= 4 is 41.5 Å². The van der Waals surface area contributed by atoms with Crippen molar-refractivity contribution in [2.24, 2.45) is 16.7 Å². The van der Waals surface area contributed by atoms with E-state index in [-0.39, 0.29) is 35.3 Å². The fourth-order valence-corrected chi connectivity index (χ4v) is 10.5. The number of fused-ring (bicyclic) bond motifs is 5. The molecule has 11 atom stereocenters. The molecule has 3 aromatic carbocycles. The number of amides is 1. The van der Waals surface area contributed by atoms with E-state index < -0.39 is 131 Å². The van der Waals surface area contributed by atoms with Crippen LogP contribution in [0.1, 0.15) is 92.6 Å². The second-order valence-electron chi connectivity index (χ2n) is 18.3. The maximum atomic E-state index is 15.8. The number of carbonyl (C=O) groups excluding carboxylic acids is 7. The molecule has 17 heteroatoms. The Bertz CT molecular complexity index is 2440. The Morgan fingerprint density at radius 3 is 1.99 bits per heavy atom. The number of hydrogen-bond acceptors (Lipinski definition) is 16. The second kappa shape index (κ2) is 18.8. The zero-order valence-corrected chi connectivity index (χ0v) is 38.0. The Hall–Kier alpha value is -6.27. The van der Waals surface area contributed by atoms with E-state index in [0.717, 1.165) is 14.0 Å². The van der Waals surface area contributed by atoms with Crippen LogP contribution < -0.4 is 5.32 Å². The van der Waals surface area contributed by atoms with E-state index in [1.165, 1.54) is 39.8 Å². The average Bonchev–Trinajstić information content (AvgIpc) is 3.31. The van der Waals surface area contributed by atoms with Crippen LogP contribution in [0.25, 0.3) is 0 Å². The van der Waals surface area contributed by atoms with Crippen molar-refractivity contribution in [1.29, 1.82) is 0 Å². The zero-order chi connectivity index (χ0) is 48.6. The third-order valence-corrected chi connectivity index (χ3v) is 14.2.